The highest BCUT2D eigenvalue weighted by atomic mass is 15.2. The van der Waals surface area contributed by atoms with Gasteiger partial charge in [0.1, 0.15) is 0 Å². The van der Waals surface area contributed by atoms with Crippen LogP contribution in [0.25, 0.3) is 0 Å². The Bertz CT molecular complexity index is 318. The highest BCUT2D eigenvalue weighted by Gasteiger charge is 2.58. The molecule has 4 aliphatic carbocycles. The molecule has 1 heterocycles. The minimum Gasteiger partial charge on any atom is -0.330 e. The topological polar surface area (TPSA) is 29.3 Å². The maximum atomic E-state index is 6.20. The van der Waals surface area contributed by atoms with Gasteiger partial charge < -0.3 is 5.73 Å². The van der Waals surface area contributed by atoms with E-state index < -0.39 is 0 Å². The molecule has 5 fully saturated rings. The molecule has 2 atom stereocenters. The van der Waals surface area contributed by atoms with Gasteiger partial charge in [0.05, 0.1) is 0 Å². The Morgan fingerprint density at radius 2 is 1.61 bits per heavy atom. The summed E-state index contributed by atoms with van der Waals surface area (Å²) in [5.41, 5.74) is 7.33. The molecule has 4 bridgehead atoms. The first-order chi connectivity index (χ1) is 8.74. The van der Waals surface area contributed by atoms with Crippen LogP contribution in [0.1, 0.15) is 57.8 Å². The van der Waals surface area contributed by atoms with Gasteiger partial charge in [-0.1, -0.05) is 6.42 Å². The molecule has 2 nitrogen and oxygen atoms in total. The minimum absolute atomic E-state index is 0.543. The first kappa shape index (κ1) is 11.7. The molecule has 5 aliphatic rings. The molecule has 0 amide bonds. The number of hydrogen-bond acceptors (Lipinski definition) is 2. The lowest BCUT2D eigenvalue weighted by molar-refractivity contribution is -0.133. The monoisotopic (exact) mass is 248 g/mol. The van der Waals surface area contributed by atoms with Crippen LogP contribution in [-0.2, 0) is 0 Å². The molecule has 0 aromatic rings. The van der Waals surface area contributed by atoms with Gasteiger partial charge in [0.25, 0.3) is 0 Å². The number of likely N-dealkylation sites (tertiary alicyclic amines) is 1. The van der Waals surface area contributed by atoms with Crippen LogP contribution < -0.4 is 5.73 Å². The molecule has 102 valence electrons. The van der Waals surface area contributed by atoms with E-state index in [0.717, 1.165) is 18.4 Å². The summed E-state index contributed by atoms with van der Waals surface area (Å²) in [5, 5.41) is 0. The van der Waals surface area contributed by atoms with Gasteiger partial charge in [-0.05, 0) is 88.3 Å². The van der Waals surface area contributed by atoms with Gasteiger partial charge >= 0.3 is 0 Å². The minimum atomic E-state index is 0.543. The van der Waals surface area contributed by atoms with Crippen LogP contribution in [0, 0.1) is 17.3 Å². The van der Waals surface area contributed by atoms with Crippen LogP contribution in [0.5, 0.6) is 0 Å². The summed E-state index contributed by atoms with van der Waals surface area (Å²) in [5.74, 6) is 2.02. The molecule has 0 aromatic heterocycles. The van der Waals surface area contributed by atoms with Crippen LogP contribution in [0.3, 0.4) is 0 Å². The number of nitrogens with two attached hydrogens (primary N) is 1. The molecule has 18 heavy (non-hydrogen) atoms. The fourth-order valence-corrected chi connectivity index (χ4v) is 6.38. The first-order valence-electron chi connectivity index (χ1n) is 8.19. The van der Waals surface area contributed by atoms with Crippen molar-refractivity contribution in [3.63, 3.8) is 0 Å². The van der Waals surface area contributed by atoms with Crippen LogP contribution in [0.4, 0.5) is 0 Å². The van der Waals surface area contributed by atoms with Crippen molar-refractivity contribution in [3.05, 3.63) is 0 Å². The van der Waals surface area contributed by atoms with E-state index in [-0.39, 0.29) is 0 Å². The van der Waals surface area contributed by atoms with Crippen molar-refractivity contribution in [1.29, 1.82) is 0 Å². The Balaban J connectivity index is 1.64. The first-order valence-corrected chi connectivity index (χ1v) is 8.19. The summed E-state index contributed by atoms with van der Waals surface area (Å²) < 4.78 is 0. The Kier molecular flexibility index (Phi) is 2.58. The quantitative estimate of drug-likeness (QED) is 0.814. The third-order valence-corrected chi connectivity index (χ3v) is 6.61. The van der Waals surface area contributed by atoms with E-state index in [4.69, 9.17) is 5.73 Å². The van der Waals surface area contributed by atoms with Crippen molar-refractivity contribution in [2.24, 2.45) is 23.0 Å². The molecular weight excluding hydrogens is 220 g/mol. The standard InChI is InChI=1S/C16H28N2/c17-12-15-7-13-6-14(8-15)10-16(9-13,11-15)18-4-2-1-3-5-18/h13-14H,1-12,17H2. The van der Waals surface area contributed by atoms with E-state index in [2.05, 4.69) is 4.90 Å². The van der Waals surface area contributed by atoms with E-state index in [1.165, 1.54) is 70.9 Å². The number of hydrogen-bond donors (Lipinski definition) is 1. The zero-order valence-corrected chi connectivity index (χ0v) is 11.7. The van der Waals surface area contributed by atoms with Crippen molar-refractivity contribution >= 4 is 0 Å². The Hall–Kier alpha value is -0.0800. The second kappa shape index (κ2) is 3.96. The number of nitrogens with zero attached hydrogens (tertiary/aromatic N) is 1. The fourth-order valence-electron chi connectivity index (χ4n) is 6.38. The second-order valence-electron chi connectivity index (χ2n) is 7.94. The van der Waals surface area contributed by atoms with Crippen molar-refractivity contribution in [3.8, 4) is 0 Å². The predicted molar refractivity (Wildman–Crippen MR) is 74.3 cm³/mol. The van der Waals surface area contributed by atoms with Crippen LogP contribution in [0.2, 0.25) is 0 Å². The van der Waals surface area contributed by atoms with Crippen LogP contribution in [-0.4, -0.2) is 30.1 Å². The Morgan fingerprint density at radius 1 is 0.944 bits per heavy atom. The summed E-state index contributed by atoms with van der Waals surface area (Å²) in [6.45, 7) is 3.70. The Morgan fingerprint density at radius 3 is 2.22 bits per heavy atom. The summed E-state index contributed by atoms with van der Waals surface area (Å²) in [4.78, 5) is 2.90. The van der Waals surface area contributed by atoms with Crippen molar-refractivity contribution in [1.82, 2.24) is 4.90 Å². The van der Waals surface area contributed by atoms with Crippen molar-refractivity contribution in [2.45, 2.75) is 63.3 Å². The highest BCUT2D eigenvalue weighted by molar-refractivity contribution is 5.13. The zero-order valence-electron chi connectivity index (χ0n) is 11.7. The number of rotatable bonds is 2. The van der Waals surface area contributed by atoms with Gasteiger partial charge in [0.15, 0.2) is 0 Å². The molecule has 2 heteroatoms. The maximum Gasteiger partial charge on any atom is 0.0220 e. The molecule has 0 aromatic carbocycles. The van der Waals surface area contributed by atoms with Gasteiger partial charge in [-0.2, -0.15) is 0 Å². The average molecular weight is 248 g/mol. The third-order valence-electron chi connectivity index (χ3n) is 6.61. The summed E-state index contributed by atoms with van der Waals surface area (Å²) >= 11 is 0. The van der Waals surface area contributed by atoms with E-state index in [9.17, 15) is 0 Å². The van der Waals surface area contributed by atoms with E-state index >= 15 is 0 Å². The van der Waals surface area contributed by atoms with E-state index in [1.54, 1.807) is 0 Å². The fraction of sp³-hybridized carbons (Fsp3) is 1.00. The SMILES string of the molecule is NCC12CC3CC(C1)CC(N1CCCCC1)(C3)C2. The molecule has 2 N–H and O–H groups in total. The van der Waals surface area contributed by atoms with Gasteiger partial charge in [-0.15, -0.1) is 0 Å². The van der Waals surface area contributed by atoms with E-state index in [1.807, 2.05) is 0 Å². The molecule has 1 saturated heterocycles. The lowest BCUT2D eigenvalue weighted by atomic mass is 9.46. The maximum absolute atomic E-state index is 6.20. The summed E-state index contributed by atoms with van der Waals surface area (Å²) in [6.07, 6.45) is 13.2. The molecule has 2 unspecified atom stereocenters. The van der Waals surface area contributed by atoms with Crippen molar-refractivity contribution < 1.29 is 0 Å². The predicted octanol–water partition coefficient (Wildman–Crippen LogP) is 2.77. The molecule has 0 radical (unpaired) electrons. The second-order valence-corrected chi connectivity index (χ2v) is 7.94. The molecule has 5 rings (SSSR count). The lowest BCUT2D eigenvalue weighted by Gasteiger charge is -2.65. The molecule has 0 spiro atoms. The van der Waals surface area contributed by atoms with Gasteiger partial charge in [-0.3, -0.25) is 4.90 Å². The smallest absolute Gasteiger partial charge is 0.0220 e. The van der Waals surface area contributed by atoms with Gasteiger partial charge in [0.2, 0.25) is 0 Å². The van der Waals surface area contributed by atoms with E-state index in [0.29, 0.717) is 11.0 Å². The molecular formula is C16H28N2. The zero-order chi connectivity index (χ0) is 12.2. The van der Waals surface area contributed by atoms with Gasteiger partial charge in [0, 0.05) is 5.54 Å². The largest absolute Gasteiger partial charge is 0.330 e. The third kappa shape index (κ3) is 1.61. The lowest BCUT2D eigenvalue weighted by Crippen LogP contribution is -2.65. The van der Waals surface area contributed by atoms with Crippen molar-refractivity contribution in [2.75, 3.05) is 19.6 Å². The average Bonchev–Trinajstić information content (AvgIpc) is 2.38. The molecule has 4 saturated carbocycles. The normalized spacial score (nSPS) is 51.8. The van der Waals surface area contributed by atoms with Crippen LogP contribution in [0.15, 0.2) is 0 Å². The van der Waals surface area contributed by atoms with Gasteiger partial charge in [-0.25, -0.2) is 0 Å². The Labute approximate surface area is 111 Å². The molecule has 1 aliphatic heterocycles. The summed E-state index contributed by atoms with van der Waals surface area (Å²) in [6, 6.07) is 0. The highest BCUT2D eigenvalue weighted by Crippen LogP contribution is 2.63. The summed E-state index contributed by atoms with van der Waals surface area (Å²) in [7, 11) is 0. The number of piperidine rings is 1. The van der Waals surface area contributed by atoms with Crippen LogP contribution >= 0.6 is 0 Å².